The number of nitrogens with zero attached hydrogens (tertiary/aromatic N) is 1. The fourth-order valence-corrected chi connectivity index (χ4v) is 2.37. The van der Waals surface area contributed by atoms with E-state index in [2.05, 4.69) is 19.2 Å². The molecule has 0 bridgehead atoms. The lowest BCUT2D eigenvalue weighted by molar-refractivity contribution is -0.142. The molecular formula is C15H18N2O4. The van der Waals surface area contributed by atoms with E-state index in [1.807, 2.05) is 12.1 Å². The van der Waals surface area contributed by atoms with Crippen LogP contribution in [0.5, 0.6) is 0 Å². The number of urea groups is 1. The first-order valence-corrected chi connectivity index (χ1v) is 6.72. The van der Waals surface area contributed by atoms with Gasteiger partial charge in [0.25, 0.3) is 5.91 Å². The van der Waals surface area contributed by atoms with Gasteiger partial charge in [-0.05, 0) is 24.0 Å². The van der Waals surface area contributed by atoms with Crippen LogP contribution in [0.4, 0.5) is 4.79 Å². The number of carbonyl (C=O) groups is 3. The highest BCUT2D eigenvalue weighted by Crippen LogP contribution is 2.29. The SMILES string of the molecule is CC(C)c1ccc([C@@]2(C)NC(=O)N(CC(=O)O)C2=O)cc1. The quantitative estimate of drug-likeness (QED) is 0.826. The van der Waals surface area contributed by atoms with Gasteiger partial charge in [-0.15, -0.1) is 0 Å². The second-order valence-electron chi connectivity index (χ2n) is 5.62. The summed E-state index contributed by atoms with van der Waals surface area (Å²) in [6.45, 7) is 5.07. The summed E-state index contributed by atoms with van der Waals surface area (Å²) >= 11 is 0. The molecule has 2 rings (SSSR count). The Bertz CT molecular complexity index is 594. The second-order valence-corrected chi connectivity index (χ2v) is 5.62. The van der Waals surface area contributed by atoms with E-state index in [9.17, 15) is 14.4 Å². The van der Waals surface area contributed by atoms with Gasteiger partial charge in [0.2, 0.25) is 0 Å². The summed E-state index contributed by atoms with van der Waals surface area (Å²) in [5.41, 5.74) is 0.543. The average Bonchev–Trinajstić information content (AvgIpc) is 2.63. The van der Waals surface area contributed by atoms with Gasteiger partial charge in [0.05, 0.1) is 0 Å². The molecule has 1 saturated heterocycles. The van der Waals surface area contributed by atoms with Crippen molar-refractivity contribution < 1.29 is 19.5 Å². The Labute approximate surface area is 122 Å². The van der Waals surface area contributed by atoms with Crippen molar-refractivity contribution in [2.24, 2.45) is 0 Å². The molecule has 3 amide bonds. The van der Waals surface area contributed by atoms with Crippen molar-refractivity contribution >= 4 is 17.9 Å². The van der Waals surface area contributed by atoms with Crippen molar-refractivity contribution in [1.29, 1.82) is 0 Å². The number of imide groups is 1. The first-order chi connectivity index (χ1) is 9.75. The van der Waals surface area contributed by atoms with E-state index in [1.54, 1.807) is 19.1 Å². The van der Waals surface area contributed by atoms with Crippen LogP contribution < -0.4 is 5.32 Å². The lowest BCUT2D eigenvalue weighted by atomic mass is 9.90. The summed E-state index contributed by atoms with van der Waals surface area (Å²) in [6, 6.07) is 6.71. The molecule has 0 saturated carbocycles. The lowest BCUT2D eigenvalue weighted by Crippen LogP contribution is -2.41. The molecule has 0 spiro atoms. The van der Waals surface area contributed by atoms with E-state index in [0.717, 1.165) is 10.5 Å². The van der Waals surface area contributed by atoms with Crippen LogP contribution in [0.3, 0.4) is 0 Å². The highest BCUT2D eigenvalue weighted by molar-refractivity contribution is 6.08. The maximum absolute atomic E-state index is 12.4. The largest absolute Gasteiger partial charge is 0.480 e. The number of carboxylic acid groups (broad SMARTS) is 1. The third-order valence-corrected chi connectivity index (χ3v) is 3.72. The van der Waals surface area contributed by atoms with Crippen molar-refractivity contribution in [2.45, 2.75) is 32.2 Å². The van der Waals surface area contributed by atoms with Gasteiger partial charge < -0.3 is 10.4 Å². The number of carboxylic acids is 1. The molecule has 0 radical (unpaired) electrons. The highest BCUT2D eigenvalue weighted by atomic mass is 16.4. The van der Waals surface area contributed by atoms with Crippen LogP contribution in [0.25, 0.3) is 0 Å². The van der Waals surface area contributed by atoms with E-state index in [1.165, 1.54) is 0 Å². The van der Waals surface area contributed by atoms with Gasteiger partial charge >= 0.3 is 12.0 Å². The van der Waals surface area contributed by atoms with E-state index >= 15 is 0 Å². The van der Waals surface area contributed by atoms with Crippen molar-refractivity contribution in [3.8, 4) is 0 Å². The van der Waals surface area contributed by atoms with E-state index in [4.69, 9.17) is 5.11 Å². The third-order valence-electron chi connectivity index (χ3n) is 3.72. The number of nitrogens with one attached hydrogen (secondary N) is 1. The Balaban J connectivity index is 2.32. The van der Waals surface area contributed by atoms with Gasteiger partial charge in [-0.25, -0.2) is 4.79 Å². The molecule has 1 fully saturated rings. The molecule has 1 heterocycles. The highest BCUT2D eigenvalue weighted by Gasteiger charge is 2.49. The molecule has 112 valence electrons. The van der Waals surface area contributed by atoms with Gasteiger partial charge in [-0.3, -0.25) is 14.5 Å². The van der Waals surface area contributed by atoms with Crippen LogP contribution in [-0.2, 0) is 15.1 Å². The Hall–Kier alpha value is -2.37. The topological polar surface area (TPSA) is 86.7 Å². The molecule has 1 aliphatic rings. The van der Waals surface area contributed by atoms with Crippen LogP contribution in [0.15, 0.2) is 24.3 Å². The minimum absolute atomic E-state index is 0.365. The summed E-state index contributed by atoms with van der Waals surface area (Å²) in [5.74, 6) is -1.41. The summed E-state index contributed by atoms with van der Waals surface area (Å²) in [4.78, 5) is 35.6. The monoisotopic (exact) mass is 290 g/mol. The standard InChI is InChI=1S/C15H18N2O4/c1-9(2)10-4-6-11(7-5-10)15(3)13(20)17(8-12(18)19)14(21)16-15/h4-7,9H,8H2,1-3H3,(H,16,21)(H,18,19)/t15-/m1/s1. The summed E-state index contributed by atoms with van der Waals surface area (Å²) in [5, 5.41) is 11.3. The molecule has 6 nitrogen and oxygen atoms in total. The predicted molar refractivity (Wildman–Crippen MR) is 75.8 cm³/mol. The Morgan fingerprint density at radius 1 is 1.29 bits per heavy atom. The third kappa shape index (κ3) is 2.61. The molecule has 0 aromatic heterocycles. The number of aliphatic carboxylic acids is 1. The van der Waals surface area contributed by atoms with Gasteiger partial charge in [0.1, 0.15) is 12.1 Å². The number of hydrogen-bond acceptors (Lipinski definition) is 3. The molecule has 0 aliphatic carbocycles. The van der Waals surface area contributed by atoms with Crippen LogP contribution in [0.1, 0.15) is 37.8 Å². The lowest BCUT2D eigenvalue weighted by Gasteiger charge is -2.22. The molecule has 1 aromatic carbocycles. The smallest absolute Gasteiger partial charge is 0.325 e. The summed E-state index contributed by atoms with van der Waals surface area (Å²) in [6.07, 6.45) is 0. The van der Waals surface area contributed by atoms with E-state index in [-0.39, 0.29) is 0 Å². The number of rotatable bonds is 4. The van der Waals surface area contributed by atoms with Crippen molar-refractivity contribution in [3.63, 3.8) is 0 Å². The van der Waals surface area contributed by atoms with Gasteiger partial charge in [-0.1, -0.05) is 38.1 Å². The summed E-state index contributed by atoms with van der Waals surface area (Å²) in [7, 11) is 0. The average molecular weight is 290 g/mol. The Morgan fingerprint density at radius 2 is 1.86 bits per heavy atom. The van der Waals surface area contributed by atoms with Gasteiger partial charge in [0, 0.05) is 0 Å². The second kappa shape index (κ2) is 5.20. The fourth-order valence-electron chi connectivity index (χ4n) is 2.37. The molecule has 21 heavy (non-hydrogen) atoms. The Kier molecular flexibility index (Phi) is 3.72. The Morgan fingerprint density at radius 3 is 2.33 bits per heavy atom. The maximum Gasteiger partial charge on any atom is 0.325 e. The molecule has 1 aromatic rings. The fraction of sp³-hybridized carbons (Fsp3) is 0.400. The minimum atomic E-state index is -1.22. The zero-order valence-electron chi connectivity index (χ0n) is 12.2. The molecule has 6 heteroatoms. The first-order valence-electron chi connectivity index (χ1n) is 6.72. The van der Waals surface area contributed by atoms with Crippen LogP contribution in [-0.4, -0.2) is 34.5 Å². The number of benzene rings is 1. The van der Waals surface area contributed by atoms with Crippen LogP contribution in [0.2, 0.25) is 0 Å². The molecule has 0 unspecified atom stereocenters. The zero-order chi connectivity index (χ0) is 15.8. The van der Waals surface area contributed by atoms with Crippen molar-refractivity contribution in [3.05, 3.63) is 35.4 Å². The van der Waals surface area contributed by atoms with Gasteiger partial charge in [0.15, 0.2) is 0 Å². The maximum atomic E-state index is 12.4. The minimum Gasteiger partial charge on any atom is -0.480 e. The normalized spacial score (nSPS) is 21.8. The number of amides is 3. The molecule has 2 N–H and O–H groups in total. The number of hydrogen-bond donors (Lipinski definition) is 2. The van der Waals surface area contributed by atoms with Crippen LogP contribution in [0, 0.1) is 0 Å². The predicted octanol–water partition coefficient (Wildman–Crippen LogP) is 1.66. The van der Waals surface area contributed by atoms with Crippen LogP contribution >= 0.6 is 0 Å². The zero-order valence-corrected chi connectivity index (χ0v) is 12.2. The molecule has 1 aliphatic heterocycles. The van der Waals surface area contributed by atoms with Crippen molar-refractivity contribution in [2.75, 3.05) is 6.54 Å². The van der Waals surface area contributed by atoms with Gasteiger partial charge in [-0.2, -0.15) is 0 Å². The molecule has 1 atom stereocenters. The van der Waals surface area contributed by atoms with Crippen molar-refractivity contribution in [1.82, 2.24) is 10.2 Å². The summed E-state index contributed by atoms with van der Waals surface area (Å²) < 4.78 is 0. The van der Waals surface area contributed by atoms with E-state index in [0.29, 0.717) is 11.5 Å². The molecular weight excluding hydrogens is 272 g/mol. The first kappa shape index (κ1) is 15.0. The number of carbonyl (C=O) groups excluding carboxylic acids is 2. The van der Waals surface area contributed by atoms with E-state index < -0.39 is 30.0 Å².